The van der Waals surface area contributed by atoms with E-state index < -0.39 is 0 Å². The molecule has 2 atom stereocenters. The molecule has 1 fully saturated rings. The van der Waals surface area contributed by atoms with Crippen LogP contribution in [-0.2, 0) is 6.42 Å². The van der Waals surface area contributed by atoms with Gasteiger partial charge in [0.25, 0.3) is 0 Å². The van der Waals surface area contributed by atoms with E-state index in [0.717, 1.165) is 54.7 Å². The van der Waals surface area contributed by atoms with Crippen LogP contribution in [0.5, 0.6) is 5.88 Å². The van der Waals surface area contributed by atoms with Crippen LogP contribution in [0.25, 0.3) is 17.1 Å². The van der Waals surface area contributed by atoms with Crippen LogP contribution in [0.4, 0.5) is 0 Å². The average Bonchev–Trinajstić information content (AvgIpc) is 3.56. The van der Waals surface area contributed by atoms with Crippen molar-refractivity contribution in [3.63, 3.8) is 0 Å². The van der Waals surface area contributed by atoms with E-state index in [4.69, 9.17) is 9.72 Å². The van der Waals surface area contributed by atoms with Crippen LogP contribution in [0.15, 0.2) is 48.6 Å². The largest absolute Gasteiger partial charge is 0.477 e. The second-order valence-electron chi connectivity index (χ2n) is 6.71. The summed E-state index contributed by atoms with van der Waals surface area (Å²) >= 11 is 0. The molecule has 2 aliphatic carbocycles. The second-order valence-corrected chi connectivity index (χ2v) is 6.71. The number of hydrogen-bond acceptors (Lipinski definition) is 2. The minimum absolute atomic E-state index is 0.711. The van der Waals surface area contributed by atoms with Crippen LogP contribution >= 0.6 is 0 Å². The fourth-order valence-electron chi connectivity index (χ4n) is 3.64. The highest BCUT2D eigenvalue weighted by Gasteiger charge is 2.36. The van der Waals surface area contributed by atoms with Gasteiger partial charge in [0.15, 0.2) is 0 Å². The molecule has 0 bridgehead atoms. The Morgan fingerprint density at radius 2 is 1.66 bits per heavy atom. The molecule has 0 saturated heterocycles. The molecular weight excluding hydrogens is 356 g/mol. The maximum absolute atomic E-state index is 6.11. The average molecular weight is 395 g/mol. The summed E-state index contributed by atoms with van der Waals surface area (Å²) in [6, 6.07) is 10.5. The van der Waals surface area contributed by atoms with E-state index in [-0.39, 0.29) is 0 Å². The molecule has 0 N–H and O–H groups in total. The highest BCUT2D eigenvalue weighted by atomic mass is 16.5. The molecule has 3 aliphatic rings. The monoisotopic (exact) mass is 394 g/mol. The molecule has 3 heteroatoms. The van der Waals surface area contributed by atoms with Crippen LogP contribution in [-0.4, -0.2) is 16.2 Å². The molecule has 0 amide bonds. The number of rotatable bonds is 2. The highest BCUT2D eigenvalue weighted by molar-refractivity contribution is 5.71. The van der Waals surface area contributed by atoms with Gasteiger partial charge in [-0.15, -0.1) is 0 Å². The maximum atomic E-state index is 6.11. The van der Waals surface area contributed by atoms with Crippen LogP contribution < -0.4 is 4.74 Å². The lowest BCUT2D eigenvalue weighted by Crippen LogP contribution is -2.06. The van der Waals surface area contributed by atoms with Gasteiger partial charge in [0.2, 0.25) is 5.88 Å². The van der Waals surface area contributed by atoms with Crippen molar-refractivity contribution in [1.29, 1.82) is 0 Å². The number of fused-ring (bicyclic) bond motifs is 2. The Labute approximate surface area is 177 Å². The topological polar surface area (TPSA) is 27.1 Å². The van der Waals surface area contributed by atoms with E-state index >= 15 is 0 Å². The summed E-state index contributed by atoms with van der Waals surface area (Å²) in [4.78, 5) is 4.96. The molecule has 3 nitrogen and oxygen atoms in total. The van der Waals surface area contributed by atoms with Crippen LogP contribution in [0.3, 0.4) is 0 Å². The van der Waals surface area contributed by atoms with Crippen molar-refractivity contribution in [2.24, 2.45) is 11.8 Å². The minimum atomic E-state index is 0.711. The van der Waals surface area contributed by atoms with Gasteiger partial charge in [-0.3, -0.25) is 4.57 Å². The van der Waals surface area contributed by atoms with E-state index in [0.29, 0.717) is 5.92 Å². The summed E-state index contributed by atoms with van der Waals surface area (Å²) in [5.41, 5.74) is 3.48. The van der Waals surface area contributed by atoms with Gasteiger partial charge in [-0.05, 0) is 43.6 Å². The van der Waals surface area contributed by atoms with Crippen molar-refractivity contribution in [3.05, 3.63) is 54.3 Å². The Morgan fingerprint density at radius 3 is 2.34 bits per heavy atom. The summed E-state index contributed by atoms with van der Waals surface area (Å²) in [6.45, 7) is 12.8. The zero-order valence-corrected chi connectivity index (χ0v) is 19.1. The first-order valence-electron chi connectivity index (χ1n) is 11.6. The number of aromatic nitrogens is 2. The molecule has 1 aromatic heterocycles. The minimum Gasteiger partial charge on any atom is -0.477 e. The fourth-order valence-corrected chi connectivity index (χ4v) is 3.64. The summed E-state index contributed by atoms with van der Waals surface area (Å²) < 4.78 is 8.35. The predicted octanol–water partition coefficient (Wildman–Crippen LogP) is 7.39. The Morgan fingerprint density at radius 1 is 0.931 bits per heavy atom. The Balaban J connectivity index is 0.000000461. The molecule has 29 heavy (non-hydrogen) atoms. The summed E-state index contributed by atoms with van der Waals surface area (Å²) in [5.74, 6) is 3.44. The first kappa shape index (κ1) is 23.0. The Hall–Kier alpha value is -2.29. The van der Waals surface area contributed by atoms with E-state index in [1.165, 1.54) is 12.1 Å². The first-order valence-corrected chi connectivity index (χ1v) is 11.6. The van der Waals surface area contributed by atoms with Crippen molar-refractivity contribution in [1.82, 2.24) is 9.55 Å². The van der Waals surface area contributed by atoms with E-state index in [2.05, 4.69) is 47.1 Å². The summed E-state index contributed by atoms with van der Waals surface area (Å²) in [5, 5.41) is 0. The van der Waals surface area contributed by atoms with Crippen molar-refractivity contribution in [2.45, 2.75) is 67.2 Å². The lowest BCUT2D eigenvalue weighted by Gasteiger charge is -2.15. The normalized spacial score (nSPS) is 20.4. The lowest BCUT2D eigenvalue weighted by molar-refractivity contribution is 0.301. The zero-order chi connectivity index (χ0) is 21.2. The van der Waals surface area contributed by atoms with Gasteiger partial charge in [-0.25, -0.2) is 4.98 Å². The Bertz CT molecular complexity index is 802. The number of ether oxygens (including phenoxy) is 1. The van der Waals surface area contributed by atoms with Crippen LogP contribution in [0.1, 0.15) is 66.5 Å². The van der Waals surface area contributed by atoms with Crippen molar-refractivity contribution < 1.29 is 4.74 Å². The molecular formula is C26H38N2O. The third-order valence-electron chi connectivity index (χ3n) is 5.03. The molecule has 2 aromatic rings. The number of hydrogen-bond donors (Lipinski definition) is 0. The highest BCUT2D eigenvalue weighted by Crippen LogP contribution is 2.46. The fraction of sp³-hybridized carbons (Fsp3) is 0.500. The predicted molar refractivity (Wildman–Crippen MR) is 125 cm³/mol. The van der Waals surface area contributed by atoms with E-state index in [1.807, 2.05) is 47.6 Å². The van der Waals surface area contributed by atoms with Crippen molar-refractivity contribution in [3.8, 4) is 17.3 Å². The van der Waals surface area contributed by atoms with Gasteiger partial charge in [0.05, 0.1) is 6.61 Å². The smallest absolute Gasteiger partial charge is 0.222 e. The molecule has 5 rings (SSSR count). The number of allylic oxidation sites excluding steroid dienone is 4. The molecule has 2 heterocycles. The first-order chi connectivity index (χ1) is 14.4. The van der Waals surface area contributed by atoms with Gasteiger partial charge in [-0.2, -0.15) is 0 Å². The quantitative estimate of drug-likeness (QED) is 0.531. The third-order valence-corrected chi connectivity index (χ3v) is 5.03. The summed E-state index contributed by atoms with van der Waals surface area (Å²) in [6.07, 6.45) is 11.5. The molecule has 1 saturated carbocycles. The van der Waals surface area contributed by atoms with Gasteiger partial charge in [0.1, 0.15) is 11.5 Å². The van der Waals surface area contributed by atoms with E-state index in [9.17, 15) is 0 Å². The van der Waals surface area contributed by atoms with Crippen LogP contribution in [0, 0.1) is 11.8 Å². The molecule has 158 valence electrons. The lowest BCUT2D eigenvalue weighted by atomic mass is 10.1. The molecule has 1 aromatic carbocycles. The molecule has 2 unspecified atom stereocenters. The summed E-state index contributed by atoms with van der Waals surface area (Å²) in [7, 11) is 0. The SMILES string of the molecule is C1=CC2CC2C=C1n1c(-c2ccccc2)nc2c1OCCCC2.CC.CC.CC. The third kappa shape index (κ3) is 5.20. The number of aryl methyl sites for hydroxylation is 1. The number of nitrogens with zero attached hydrogens (tertiary/aromatic N) is 2. The maximum Gasteiger partial charge on any atom is 0.222 e. The van der Waals surface area contributed by atoms with E-state index in [1.54, 1.807) is 0 Å². The van der Waals surface area contributed by atoms with Gasteiger partial charge < -0.3 is 4.74 Å². The van der Waals surface area contributed by atoms with Crippen LogP contribution in [0.2, 0.25) is 0 Å². The number of benzene rings is 1. The van der Waals surface area contributed by atoms with Gasteiger partial charge in [0, 0.05) is 11.3 Å². The molecule has 0 radical (unpaired) electrons. The van der Waals surface area contributed by atoms with Gasteiger partial charge in [-0.1, -0.05) is 84.0 Å². The van der Waals surface area contributed by atoms with Crippen molar-refractivity contribution >= 4 is 5.70 Å². The van der Waals surface area contributed by atoms with Gasteiger partial charge >= 0.3 is 0 Å². The zero-order valence-electron chi connectivity index (χ0n) is 19.1. The number of imidazole rings is 1. The molecule has 0 spiro atoms. The standard InChI is InChI=1S/C20H20N2O.3C2H6/c1-2-6-14(7-3-1)19-21-18-8-4-5-11-23-20(18)22(19)17-10-9-15-12-16(15)13-17;3*1-2/h1-3,6-7,9-10,13,15-16H,4-5,8,11-12H2;3*1-2H3. The molecule has 1 aliphatic heterocycles. The second kappa shape index (κ2) is 11.6. The van der Waals surface area contributed by atoms with Crippen molar-refractivity contribution in [2.75, 3.05) is 6.61 Å². The Kier molecular flexibility index (Phi) is 9.24.